The molecule has 0 saturated heterocycles. The number of allylic oxidation sites excluding steroid dienone is 3. The molecule has 0 aliphatic carbocycles. The van der Waals surface area contributed by atoms with E-state index in [2.05, 4.69) is 46.4 Å². The molecule has 0 aromatic rings. The minimum Gasteiger partial charge on any atom is -0.481 e. The molecular formula is C19H32O4. The second kappa shape index (κ2) is 9.68. The monoisotopic (exact) mass is 324 g/mol. The highest BCUT2D eigenvalue weighted by molar-refractivity contribution is 5.70. The van der Waals surface area contributed by atoms with Crippen molar-refractivity contribution >= 4 is 5.97 Å². The average molecular weight is 324 g/mol. The minimum atomic E-state index is -0.877. The van der Waals surface area contributed by atoms with Gasteiger partial charge in [-0.15, -0.1) is 0 Å². The Balaban J connectivity index is 5.33. The third-order valence-electron chi connectivity index (χ3n) is 3.41. The molecule has 0 fully saturated rings. The van der Waals surface area contributed by atoms with Crippen molar-refractivity contribution in [3.05, 3.63) is 35.5 Å². The summed E-state index contributed by atoms with van der Waals surface area (Å²) in [6, 6.07) is 0. The Labute approximate surface area is 140 Å². The fourth-order valence-corrected chi connectivity index (χ4v) is 2.55. The van der Waals surface area contributed by atoms with Gasteiger partial charge in [0, 0.05) is 13.0 Å². The number of hydrogen-bond donors (Lipinski definition) is 1. The van der Waals surface area contributed by atoms with Gasteiger partial charge < -0.3 is 14.6 Å². The van der Waals surface area contributed by atoms with Crippen LogP contribution in [0.25, 0.3) is 0 Å². The van der Waals surface area contributed by atoms with E-state index in [-0.39, 0.29) is 30.7 Å². The molecule has 0 aromatic heterocycles. The van der Waals surface area contributed by atoms with Crippen LogP contribution in [0.2, 0.25) is 0 Å². The predicted octanol–water partition coefficient (Wildman–Crippen LogP) is 4.58. The smallest absolute Gasteiger partial charge is 0.307 e. The van der Waals surface area contributed by atoms with Crippen LogP contribution in [0.4, 0.5) is 0 Å². The second-order valence-corrected chi connectivity index (χ2v) is 7.15. The SMILES string of the molecule is C=C(CC(=O)O)[C@H](C)[C@@H](OCOC)/C(C)=C/C(C)=C/C(C)(C)C. The molecule has 23 heavy (non-hydrogen) atoms. The number of ether oxygens (including phenoxy) is 2. The Bertz CT molecular complexity index is 466. The average Bonchev–Trinajstić information content (AvgIpc) is 2.35. The first-order valence-electron chi connectivity index (χ1n) is 7.85. The van der Waals surface area contributed by atoms with Gasteiger partial charge in [-0.2, -0.15) is 0 Å². The summed E-state index contributed by atoms with van der Waals surface area (Å²) in [7, 11) is 1.57. The fourth-order valence-electron chi connectivity index (χ4n) is 2.55. The molecule has 0 heterocycles. The van der Waals surface area contributed by atoms with Crippen molar-refractivity contribution in [2.75, 3.05) is 13.9 Å². The molecule has 4 nitrogen and oxygen atoms in total. The lowest BCUT2D eigenvalue weighted by Gasteiger charge is -2.26. The molecule has 0 saturated carbocycles. The van der Waals surface area contributed by atoms with Crippen molar-refractivity contribution in [3.63, 3.8) is 0 Å². The number of carbonyl (C=O) groups is 1. The van der Waals surface area contributed by atoms with E-state index in [1.54, 1.807) is 7.11 Å². The molecule has 0 unspecified atom stereocenters. The maximum Gasteiger partial charge on any atom is 0.307 e. The molecule has 0 spiro atoms. The lowest BCUT2D eigenvalue weighted by atomic mass is 9.88. The third-order valence-corrected chi connectivity index (χ3v) is 3.41. The first-order chi connectivity index (χ1) is 10.5. The van der Waals surface area contributed by atoms with Gasteiger partial charge in [-0.05, 0) is 24.8 Å². The maximum atomic E-state index is 10.9. The van der Waals surface area contributed by atoms with Crippen molar-refractivity contribution in [2.45, 2.75) is 54.1 Å². The highest BCUT2D eigenvalue weighted by Gasteiger charge is 2.23. The molecule has 2 atom stereocenters. The van der Waals surface area contributed by atoms with Crippen LogP contribution >= 0.6 is 0 Å². The van der Waals surface area contributed by atoms with Gasteiger partial charge in [0.05, 0.1) is 12.5 Å². The van der Waals surface area contributed by atoms with Gasteiger partial charge in [-0.25, -0.2) is 0 Å². The number of aliphatic carboxylic acids is 1. The Morgan fingerprint density at radius 2 is 1.87 bits per heavy atom. The van der Waals surface area contributed by atoms with Gasteiger partial charge in [0.15, 0.2) is 0 Å². The largest absolute Gasteiger partial charge is 0.481 e. The first kappa shape index (κ1) is 21.6. The van der Waals surface area contributed by atoms with Gasteiger partial charge in [-0.1, -0.05) is 57.6 Å². The van der Waals surface area contributed by atoms with Gasteiger partial charge in [0.2, 0.25) is 0 Å². The van der Waals surface area contributed by atoms with E-state index in [1.165, 1.54) is 0 Å². The van der Waals surface area contributed by atoms with Crippen molar-refractivity contribution in [3.8, 4) is 0 Å². The Kier molecular flexibility index (Phi) is 9.10. The zero-order valence-electron chi connectivity index (χ0n) is 15.6. The predicted molar refractivity (Wildman–Crippen MR) is 94.3 cm³/mol. The molecule has 0 rings (SSSR count). The number of rotatable bonds is 9. The van der Waals surface area contributed by atoms with Crippen LogP contribution in [-0.4, -0.2) is 31.1 Å². The van der Waals surface area contributed by atoms with Crippen molar-refractivity contribution < 1.29 is 19.4 Å². The van der Waals surface area contributed by atoms with Gasteiger partial charge in [0.1, 0.15) is 6.79 Å². The van der Waals surface area contributed by atoms with E-state index in [0.29, 0.717) is 5.57 Å². The highest BCUT2D eigenvalue weighted by Crippen LogP contribution is 2.26. The van der Waals surface area contributed by atoms with Gasteiger partial charge in [-0.3, -0.25) is 4.79 Å². The lowest BCUT2D eigenvalue weighted by molar-refractivity contribution is -0.136. The van der Waals surface area contributed by atoms with Crippen molar-refractivity contribution in [1.29, 1.82) is 0 Å². The Morgan fingerprint density at radius 1 is 1.30 bits per heavy atom. The molecule has 0 radical (unpaired) electrons. The summed E-state index contributed by atoms with van der Waals surface area (Å²) in [5, 5.41) is 8.95. The topological polar surface area (TPSA) is 55.8 Å². The summed E-state index contributed by atoms with van der Waals surface area (Å²) in [5.74, 6) is -0.988. The number of carboxylic acids is 1. The van der Waals surface area contributed by atoms with Crippen molar-refractivity contribution in [2.24, 2.45) is 11.3 Å². The summed E-state index contributed by atoms with van der Waals surface area (Å²) in [6.07, 6.45) is 3.96. The Morgan fingerprint density at radius 3 is 2.30 bits per heavy atom. The van der Waals surface area contributed by atoms with E-state index in [9.17, 15) is 4.79 Å². The van der Waals surface area contributed by atoms with E-state index >= 15 is 0 Å². The fraction of sp³-hybridized carbons (Fsp3) is 0.632. The standard InChI is InChI=1S/C19H32O4/c1-13(11-19(5,6)7)9-15(3)18(23-12-22-8)16(4)14(2)10-17(20)21/h9,11,16,18H,2,10,12H2,1,3-8H3,(H,20,21)/b13-11+,15-9+/t16-,18-/m0/s1. The third kappa shape index (κ3) is 9.36. The maximum absolute atomic E-state index is 10.9. The Hall–Kier alpha value is -1.39. The molecule has 0 aliphatic rings. The van der Waals surface area contributed by atoms with Crippen LogP contribution in [0.5, 0.6) is 0 Å². The second-order valence-electron chi connectivity index (χ2n) is 7.15. The van der Waals surface area contributed by atoms with Crippen LogP contribution in [0.1, 0.15) is 48.0 Å². The number of methoxy groups -OCH3 is 1. The summed E-state index contributed by atoms with van der Waals surface area (Å²) < 4.78 is 10.8. The van der Waals surface area contributed by atoms with E-state index in [4.69, 9.17) is 14.6 Å². The molecule has 0 aromatic carbocycles. The molecular weight excluding hydrogens is 292 g/mol. The van der Waals surface area contributed by atoms with Crippen LogP contribution in [-0.2, 0) is 14.3 Å². The zero-order valence-corrected chi connectivity index (χ0v) is 15.6. The van der Waals surface area contributed by atoms with Gasteiger partial charge >= 0.3 is 5.97 Å². The first-order valence-corrected chi connectivity index (χ1v) is 7.85. The number of carboxylic acid groups (broad SMARTS) is 1. The summed E-state index contributed by atoms with van der Waals surface area (Å²) in [6.45, 7) is 16.5. The molecule has 1 N–H and O–H groups in total. The minimum absolute atomic E-state index is 0.0574. The van der Waals surface area contributed by atoms with Gasteiger partial charge in [0.25, 0.3) is 0 Å². The summed E-state index contributed by atoms with van der Waals surface area (Å²) in [5.41, 5.74) is 2.92. The normalized spacial score (nSPS) is 16.1. The van der Waals surface area contributed by atoms with E-state index in [1.807, 2.05) is 13.8 Å². The van der Waals surface area contributed by atoms with Crippen LogP contribution in [0.3, 0.4) is 0 Å². The number of hydrogen-bond acceptors (Lipinski definition) is 3. The summed E-state index contributed by atoms with van der Waals surface area (Å²) >= 11 is 0. The quantitative estimate of drug-likeness (QED) is 0.383. The van der Waals surface area contributed by atoms with E-state index < -0.39 is 5.97 Å². The van der Waals surface area contributed by atoms with Crippen LogP contribution in [0.15, 0.2) is 35.5 Å². The summed E-state index contributed by atoms with van der Waals surface area (Å²) in [4.78, 5) is 10.9. The molecule has 0 amide bonds. The molecule has 0 aliphatic heterocycles. The van der Waals surface area contributed by atoms with Crippen molar-refractivity contribution in [1.82, 2.24) is 0 Å². The zero-order chi connectivity index (χ0) is 18.2. The highest BCUT2D eigenvalue weighted by atomic mass is 16.7. The lowest BCUT2D eigenvalue weighted by Crippen LogP contribution is -2.26. The molecule has 0 bridgehead atoms. The van der Waals surface area contributed by atoms with Crippen LogP contribution < -0.4 is 0 Å². The molecule has 132 valence electrons. The van der Waals surface area contributed by atoms with E-state index in [0.717, 1.165) is 11.1 Å². The van der Waals surface area contributed by atoms with Crippen LogP contribution in [0, 0.1) is 11.3 Å². The molecule has 4 heteroatoms.